The monoisotopic (exact) mass is 265 g/mol. The van der Waals surface area contributed by atoms with Crippen molar-refractivity contribution >= 4 is 5.91 Å². The molecule has 1 aromatic heterocycles. The highest BCUT2D eigenvalue weighted by Crippen LogP contribution is 2.15. The standard InChI is InChI=1S/C13H23N5O/c1-4-10(14)13(19)17-5-6-18-11(7-9(2)3)15-16-12(18)8-17/h9-10H,4-8,14H2,1-3H3. The third-order valence-electron chi connectivity index (χ3n) is 3.49. The molecule has 2 N–H and O–H groups in total. The maximum Gasteiger partial charge on any atom is 0.239 e. The third kappa shape index (κ3) is 2.94. The van der Waals surface area contributed by atoms with Crippen molar-refractivity contribution in [2.24, 2.45) is 11.7 Å². The van der Waals surface area contributed by atoms with E-state index in [1.165, 1.54) is 0 Å². The van der Waals surface area contributed by atoms with Crippen LogP contribution >= 0.6 is 0 Å². The fourth-order valence-corrected chi connectivity index (χ4v) is 2.33. The van der Waals surface area contributed by atoms with Crippen molar-refractivity contribution in [1.82, 2.24) is 19.7 Å². The lowest BCUT2D eigenvalue weighted by Gasteiger charge is -2.29. The Labute approximate surface area is 114 Å². The van der Waals surface area contributed by atoms with Crippen molar-refractivity contribution in [2.75, 3.05) is 6.54 Å². The molecule has 6 nitrogen and oxygen atoms in total. The van der Waals surface area contributed by atoms with Crippen LogP contribution in [0.1, 0.15) is 38.8 Å². The molecule has 1 aromatic rings. The zero-order chi connectivity index (χ0) is 14.0. The molecule has 0 bridgehead atoms. The van der Waals surface area contributed by atoms with E-state index in [0.717, 1.165) is 24.6 Å². The lowest BCUT2D eigenvalue weighted by molar-refractivity contribution is -0.134. The molecule has 1 amide bonds. The Balaban J connectivity index is 2.09. The Kier molecular flexibility index (Phi) is 4.19. The van der Waals surface area contributed by atoms with Crippen molar-refractivity contribution in [3.8, 4) is 0 Å². The van der Waals surface area contributed by atoms with Gasteiger partial charge >= 0.3 is 0 Å². The second-order valence-electron chi connectivity index (χ2n) is 5.56. The highest BCUT2D eigenvalue weighted by molar-refractivity contribution is 5.81. The van der Waals surface area contributed by atoms with Gasteiger partial charge in [0.1, 0.15) is 5.82 Å². The summed E-state index contributed by atoms with van der Waals surface area (Å²) in [6, 6.07) is -0.399. The zero-order valence-electron chi connectivity index (χ0n) is 12.0. The molecule has 0 fully saturated rings. The largest absolute Gasteiger partial charge is 0.332 e. The van der Waals surface area contributed by atoms with Crippen LogP contribution in [0.15, 0.2) is 0 Å². The molecule has 19 heavy (non-hydrogen) atoms. The summed E-state index contributed by atoms with van der Waals surface area (Å²) in [6.45, 7) is 8.25. The Morgan fingerprint density at radius 2 is 2.11 bits per heavy atom. The summed E-state index contributed by atoms with van der Waals surface area (Å²) in [5.41, 5.74) is 5.80. The maximum atomic E-state index is 12.1. The van der Waals surface area contributed by atoms with E-state index in [2.05, 4.69) is 28.6 Å². The highest BCUT2D eigenvalue weighted by Gasteiger charge is 2.26. The molecular weight excluding hydrogens is 242 g/mol. The SMILES string of the molecule is CCC(N)C(=O)N1CCn2c(CC(C)C)nnc2C1. The quantitative estimate of drug-likeness (QED) is 0.862. The van der Waals surface area contributed by atoms with Gasteiger partial charge in [-0.2, -0.15) is 0 Å². The summed E-state index contributed by atoms with van der Waals surface area (Å²) in [5, 5.41) is 8.45. The number of carbonyl (C=O) groups is 1. The first-order valence-corrected chi connectivity index (χ1v) is 6.98. The predicted molar refractivity (Wildman–Crippen MR) is 72.2 cm³/mol. The molecular formula is C13H23N5O. The molecule has 0 aliphatic carbocycles. The maximum absolute atomic E-state index is 12.1. The van der Waals surface area contributed by atoms with Crippen LogP contribution in [0.25, 0.3) is 0 Å². The highest BCUT2D eigenvalue weighted by atomic mass is 16.2. The molecule has 2 heterocycles. The van der Waals surface area contributed by atoms with Gasteiger partial charge in [-0.15, -0.1) is 10.2 Å². The van der Waals surface area contributed by atoms with E-state index in [1.807, 2.05) is 6.92 Å². The van der Waals surface area contributed by atoms with Crippen molar-refractivity contribution in [1.29, 1.82) is 0 Å². The lowest BCUT2D eigenvalue weighted by atomic mass is 10.1. The zero-order valence-corrected chi connectivity index (χ0v) is 12.0. The Morgan fingerprint density at radius 3 is 2.74 bits per heavy atom. The van der Waals surface area contributed by atoms with Crippen LogP contribution in [0.3, 0.4) is 0 Å². The number of hydrogen-bond donors (Lipinski definition) is 1. The third-order valence-corrected chi connectivity index (χ3v) is 3.49. The molecule has 106 valence electrons. The van der Waals surface area contributed by atoms with Crippen LogP contribution in [0.2, 0.25) is 0 Å². The van der Waals surface area contributed by atoms with E-state index in [1.54, 1.807) is 4.90 Å². The predicted octanol–water partition coefficient (Wildman–Crippen LogP) is 0.556. The number of nitrogens with two attached hydrogens (primary N) is 1. The molecule has 0 spiro atoms. The molecule has 1 atom stereocenters. The molecule has 6 heteroatoms. The smallest absolute Gasteiger partial charge is 0.239 e. The van der Waals surface area contributed by atoms with Crippen LogP contribution in [-0.4, -0.2) is 38.2 Å². The van der Waals surface area contributed by atoms with E-state index in [4.69, 9.17) is 5.73 Å². The number of carbonyl (C=O) groups excluding carboxylic acids is 1. The van der Waals surface area contributed by atoms with Gasteiger partial charge < -0.3 is 15.2 Å². The number of hydrogen-bond acceptors (Lipinski definition) is 4. The number of amides is 1. The van der Waals surface area contributed by atoms with E-state index < -0.39 is 6.04 Å². The minimum atomic E-state index is -0.399. The minimum Gasteiger partial charge on any atom is -0.332 e. The average molecular weight is 265 g/mol. The molecule has 1 unspecified atom stereocenters. The topological polar surface area (TPSA) is 77.0 Å². The molecule has 0 saturated carbocycles. The Hall–Kier alpha value is -1.43. The molecule has 0 saturated heterocycles. The summed E-state index contributed by atoms with van der Waals surface area (Å²) in [5.74, 6) is 2.47. The second kappa shape index (κ2) is 5.69. The van der Waals surface area contributed by atoms with Gasteiger partial charge in [-0.1, -0.05) is 20.8 Å². The first kappa shape index (κ1) is 14.0. The Bertz CT molecular complexity index is 454. The van der Waals surface area contributed by atoms with Crippen LogP contribution in [-0.2, 0) is 24.3 Å². The van der Waals surface area contributed by atoms with Crippen molar-refractivity contribution in [3.05, 3.63) is 11.6 Å². The molecule has 2 rings (SSSR count). The van der Waals surface area contributed by atoms with Crippen LogP contribution < -0.4 is 5.73 Å². The first-order chi connectivity index (χ1) is 9.02. The summed E-state index contributed by atoms with van der Waals surface area (Å²) in [7, 11) is 0. The van der Waals surface area contributed by atoms with Crippen LogP contribution in [0.5, 0.6) is 0 Å². The van der Waals surface area contributed by atoms with Crippen molar-refractivity contribution in [3.63, 3.8) is 0 Å². The number of aromatic nitrogens is 3. The van der Waals surface area contributed by atoms with Gasteiger partial charge in [0.2, 0.25) is 5.91 Å². The molecule has 1 aliphatic rings. The summed E-state index contributed by atoms with van der Waals surface area (Å²) < 4.78 is 2.14. The van der Waals surface area contributed by atoms with Gasteiger partial charge in [0.05, 0.1) is 12.6 Å². The molecule has 0 radical (unpaired) electrons. The fourth-order valence-electron chi connectivity index (χ4n) is 2.33. The number of nitrogens with zero attached hydrogens (tertiary/aromatic N) is 4. The Morgan fingerprint density at radius 1 is 1.37 bits per heavy atom. The van der Waals surface area contributed by atoms with Gasteiger partial charge in [0.25, 0.3) is 0 Å². The number of fused-ring (bicyclic) bond motifs is 1. The van der Waals surface area contributed by atoms with Gasteiger partial charge in [-0.05, 0) is 12.3 Å². The van der Waals surface area contributed by atoms with E-state index in [0.29, 0.717) is 25.4 Å². The molecule has 1 aliphatic heterocycles. The first-order valence-electron chi connectivity index (χ1n) is 6.98. The van der Waals surface area contributed by atoms with Gasteiger partial charge in [0, 0.05) is 19.5 Å². The molecule has 0 aromatic carbocycles. The van der Waals surface area contributed by atoms with Gasteiger partial charge in [-0.25, -0.2) is 0 Å². The fraction of sp³-hybridized carbons (Fsp3) is 0.769. The summed E-state index contributed by atoms with van der Waals surface area (Å²) in [4.78, 5) is 13.9. The van der Waals surface area contributed by atoms with Gasteiger partial charge in [-0.3, -0.25) is 4.79 Å². The number of rotatable bonds is 4. The normalized spacial score (nSPS) is 16.6. The van der Waals surface area contributed by atoms with Crippen molar-refractivity contribution in [2.45, 2.75) is 52.7 Å². The van der Waals surface area contributed by atoms with Crippen LogP contribution in [0, 0.1) is 5.92 Å². The van der Waals surface area contributed by atoms with Crippen LogP contribution in [0.4, 0.5) is 0 Å². The minimum absolute atomic E-state index is 0.0159. The second-order valence-corrected chi connectivity index (χ2v) is 5.56. The van der Waals surface area contributed by atoms with Crippen molar-refractivity contribution < 1.29 is 4.79 Å². The average Bonchev–Trinajstić information content (AvgIpc) is 2.78. The van der Waals surface area contributed by atoms with E-state index >= 15 is 0 Å². The lowest BCUT2D eigenvalue weighted by Crippen LogP contribution is -2.46. The van der Waals surface area contributed by atoms with Gasteiger partial charge in [0.15, 0.2) is 5.82 Å². The van der Waals surface area contributed by atoms with E-state index in [-0.39, 0.29) is 5.91 Å². The summed E-state index contributed by atoms with van der Waals surface area (Å²) in [6.07, 6.45) is 1.59. The summed E-state index contributed by atoms with van der Waals surface area (Å²) >= 11 is 0. The van der Waals surface area contributed by atoms with E-state index in [9.17, 15) is 4.79 Å².